The molecule has 2 aromatic heterocycles. The molecule has 1 aliphatic carbocycles. The summed E-state index contributed by atoms with van der Waals surface area (Å²) in [5.74, 6) is 0. The van der Waals surface area contributed by atoms with Crippen molar-refractivity contribution < 1.29 is 18.6 Å². The molecule has 0 radical (unpaired) electrons. The minimum absolute atomic E-state index is 0.254. The SMILES string of the molecule is [2H]C([2H])([2H])c1cc[n+](C)c(-c2c(C)ccc3c2oc2c(-c4ccc5c(c4)C([2H])([2H])C(C)(C)C5([2H])[2H])cccc23)c1. The van der Waals surface area contributed by atoms with Gasteiger partial charge in [0.1, 0.15) is 18.2 Å². The second kappa shape index (κ2) is 7.05. The summed E-state index contributed by atoms with van der Waals surface area (Å²) >= 11 is 0. The summed E-state index contributed by atoms with van der Waals surface area (Å²) in [4.78, 5) is 0. The van der Waals surface area contributed by atoms with Gasteiger partial charge in [0, 0.05) is 38.1 Å². The smallest absolute Gasteiger partial charge is 0.216 e. The molecule has 0 N–H and O–H groups in total. The van der Waals surface area contributed by atoms with Gasteiger partial charge in [0.2, 0.25) is 5.69 Å². The van der Waals surface area contributed by atoms with Crippen LogP contribution in [0.3, 0.4) is 0 Å². The van der Waals surface area contributed by atoms with Crippen LogP contribution in [-0.4, -0.2) is 0 Å². The predicted octanol–water partition coefficient (Wildman–Crippen LogP) is 7.49. The van der Waals surface area contributed by atoms with Crippen molar-refractivity contribution in [3.8, 4) is 22.4 Å². The van der Waals surface area contributed by atoms with Gasteiger partial charge in [-0.1, -0.05) is 62.4 Å². The Balaban J connectivity index is 1.60. The van der Waals surface area contributed by atoms with E-state index in [1.807, 2.05) is 54.9 Å². The summed E-state index contributed by atoms with van der Waals surface area (Å²) in [6.07, 6.45) is -1.93. The van der Waals surface area contributed by atoms with Gasteiger partial charge in [0.05, 0.1) is 5.56 Å². The summed E-state index contributed by atoms with van der Waals surface area (Å²) in [6.45, 7) is 3.01. The lowest BCUT2D eigenvalue weighted by Crippen LogP contribution is -2.30. The van der Waals surface area contributed by atoms with E-state index < -0.39 is 25.0 Å². The fourth-order valence-electron chi connectivity index (χ4n) is 4.95. The number of pyridine rings is 1. The topological polar surface area (TPSA) is 17.0 Å². The number of hydrogen-bond donors (Lipinski definition) is 0. The largest absolute Gasteiger partial charge is 0.454 e. The van der Waals surface area contributed by atoms with E-state index in [4.69, 9.17) is 14.0 Å². The van der Waals surface area contributed by atoms with Gasteiger partial charge in [-0.3, -0.25) is 0 Å². The average Bonchev–Trinajstić information content (AvgIpc) is 3.30. The monoisotopic (exact) mass is 439 g/mol. The third-order valence-corrected chi connectivity index (χ3v) is 6.51. The number of nitrogens with zero attached hydrogens (tertiary/aromatic N) is 1. The number of benzene rings is 3. The molecule has 33 heavy (non-hydrogen) atoms. The van der Waals surface area contributed by atoms with Crippen LogP contribution in [-0.2, 0) is 19.8 Å². The summed E-state index contributed by atoms with van der Waals surface area (Å²) < 4.78 is 67.2. The fraction of sp³-hybridized carbons (Fsp3) is 0.258. The third kappa shape index (κ3) is 3.20. The highest BCUT2D eigenvalue weighted by Gasteiger charge is 2.28. The van der Waals surface area contributed by atoms with Gasteiger partial charge in [-0.05, 0) is 59.8 Å². The van der Waals surface area contributed by atoms with E-state index in [9.17, 15) is 0 Å². The minimum atomic E-state index is -2.24. The molecule has 2 heterocycles. The second-order valence-electron chi connectivity index (χ2n) is 9.47. The normalized spacial score (nSPS) is 21.4. The lowest BCUT2D eigenvalue weighted by Gasteiger charge is -2.14. The molecule has 2 nitrogen and oxygen atoms in total. The molecule has 2 heteroatoms. The lowest BCUT2D eigenvalue weighted by molar-refractivity contribution is -0.660. The number of rotatable bonds is 2. The van der Waals surface area contributed by atoms with Crippen molar-refractivity contribution in [3.05, 3.63) is 89.1 Å². The third-order valence-electron chi connectivity index (χ3n) is 6.51. The van der Waals surface area contributed by atoms with Crippen molar-refractivity contribution in [2.24, 2.45) is 12.5 Å². The highest BCUT2D eigenvalue weighted by atomic mass is 16.3. The summed E-state index contributed by atoms with van der Waals surface area (Å²) in [7, 11) is 1.88. The molecule has 0 unspecified atom stereocenters. The zero-order chi connectivity index (χ0) is 29.0. The molecule has 0 aliphatic heterocycles. The van der Waals surface area contributed by atoms with E-state index in [1.54, 1.807) is 44.3 Å². The maximum Gasteiger partial charge on any atom is 0.216 e. The number of fused-ring (bicyclic) bond motifs is 4. The van der Waals surface area contributed by atoms with Gasteiger partial charge in [0.25, 0.3) is 0 Å². The first-order chi connectivity index (χ1) is 18.6. The molecule has 3 aromatic carbocycles. The van der Waals surface area contributed by atoms with Crippen molar-refractivity contribution in [1.29, 1.82) is 0 Å². The van der Waals surface area contributed by atoms with Crippen LogP contribution in [0, 0.1) is 19.2 Å². The van der Waals surface area contributed by atoms with Crippen LogP contribution in [0.1, 0.15) is 45.7 Å². The molecule has 0 atom stereocenters. The summed E-state index contributed by atoms with van der Waals surface area (Å²) in [5.41, 5.74) is 5.05. The van der Waals surface area contributed by atoms with Crippen LogP contribution in [0.15, 0.2) is 71.3 Å². The highest BCUT2D eigenvalue weighted by Crippen LogP contribution is 2.42. The Hall–Kier alpha value is -3.39. The van der Waals surface area contributed by atoms with Crippen molar-refractivity contribution >= 4 is 21.9 Å². The molecule has 0 bridgehead atoms. The number of hydrogen-bond acceptors (Lipinski definition) is 1. The molecule has 5 aromatic rings. The molecule has 6 rings (SSSR count). The van der Waals surface area contributed by atoms with E-state index in [1.165, 1.54) is 0 Å². The van der Waals surface area contributed by atoms with Crippen molar-refractivity contribution in [2.45, 2.75) is 40.4 Å². The van der Waals surface area contributed by atoms with Crippen molar-refractivity contribution in [3.63, 3.8) is 0 Å². The summed E-state index contributed by atoms with van der Waals surface area (Å²) in [5, 5.41) is 1.79. The number of aromatic nitrogens is 1. The highest BCUT2D eigenvalue weighted by molar-refractivity contribution is 6.13. The zero-order valence-corrected chi connectivity index (χ0v) is 19.2. The Bertz CT molecular complexity index is 1850. The Kier molecular flexibility index (Phi) is 2.99. The molecule has 1 aliphatic rings. The van der Waals surface area contributed by atoms with Gasteiger partial charge in [0.15, 0.2) is 6.20 Å². The van der Waals surface area contributed by atoms with E-state index in [-0.39, 0.29) is 5.56 Å². The van der Waals surface area contributed by atoms with Gasteiger partial charge in [-0.25, -0.2) is 4.57 Å². The van der Waals surface area contributed by atoms with E-state index in [0.717, 1.165) is 38.7 Å². The summed E-state index contributed by atoms with van der Waals surface area (Å²) in [6, 6.07) is 18.5. The number of aryl methyl sites for hydroxylation is 3. The van der Waals surface area contributed by atoms with Crippen LogP contribution < -0.4 is 4.57 Å². The Morgan fingerprint density at radius 3 is 2.61 bits per heavy atom. The first-order valence-electron chi connectivity index (χ1n) is 14.7. The van der Waals surface area contributed by atoms with Crippen LogP contribution in [0.25, 0.3) is 44.3 Å². The first-order valence-corrected chi connectivity index (χ1v) is 11.2. The first kappa shape index (κ1) is 14.0. The second-order valence-corrected chi connectivity index (χ2v) is 9.47. The van der Waals surface area contributed by atoms with Gasteiger partial charge in [-0.15, -0.1) is 0 Å². The maximum atomic E-state index is 8.83. The Morgan fingerprint density at radius 2 is 1.76 bits per heavy atom. The predicted molar refractivity (Wildman–Crippen MR) is 136 cm³/mol. The van der Waals surface area contributed by atoms with Crippen LogP contribution >= 0.6 is 0 Å². The molecule has 0 spiro atoms. The molecular formula is C31H30NO+. The van der Waals surface area contributed by atoms with Crippen molar-refractivity contribution in [1.82, 2.24) is 0 Å². The minimum Gasteiger partial charge on any atom is -0.454 e. The fourth-order valence-corrected chi connectivity index (χ4v) is 4.95. The van der Waals surface area contributed by atoms with Crippen molar-refractivity contribution in [2.75, 3.05) is 0 Å². The van der Waals surface area contributed by atoms with Gasteiger partial charge in [-0.2, -0.15) is 0 Å². The van der Waals surface area contributed by atoms with E-state index in [0.29, 0.717) is 22.3 Å². The molecule has 0 fully saturated rings. The molecule has 0 amide bonds. The Morgan fingerprint density at radius 1 is 0.939 bits per heavy atom. The van der Waals surface area contributed by atoms with Gasteiger partial charge >= 0.3 is 0 Å². The molecular weight excluding hydrogens is 402 g/mol. The number of furan rings is 1. The average molecular weight is 440 g/mol. The molecule has 0 saturated heterocycles. The lowest BCUT2D eigenvalue weighted by atomic mass is 9.90. The standard InChI is InChI=1S/C31H30NO/c1-19-13-14-32(5)27(15-19)28-20(2)9-12-26-25-8-6-7-24(29(25)33-30(26)28)21-10-11-22-17-31(3,4)18-23(22)16-21/h6-16H,17-18H2,1-5H3/q+1/i1D3,17D2,18D2. The van der Waals surface area contributed by atoms with Crippen LogP contribution in [0.2, 0.25) is 0 Å². The van der Waals surface area contributed by atoms with Crippen LogP contribution in [0.5, 0.6) is 0 Å². The van der Waals surface area contributed by atoms with E-state index >= 15 is 0 Å². The molecule has 164 valence electrons. The van der Waals surface area contributed by atoms with E-state index in [2.05, 4.69) is 0 Å². The maximum absolute atomic E-state index is 8.83. The number of para-hydroxylation sites is 1. The molecule has 0 saturated carbocycles. The Labute approximate surface area is 205 Å². The van der Waals surface area contributed by atoms with Crippen LogP contribution in [0.4, 0.5) is 0 Å². The zero-order valence-electron chi connectivity index (χ0n) is 26.2. The van der Waals surface area contributed by atoms with Gasteiger partial charge < -0.3 is 4.42 Å². The quantitative estimate of drug-likeness (QED) is 0.260.